The van der Waals surface area contributed by atoms with Crippen LogP contribution in [0.15, 0.2) is 108 Å². The molecule has 2 N–H and O–H groups in total. The number of aliphatic imine (C=N–C) groups is 1. The summed E-state index contributed by atoms with van der Waals surface area (Å²) in [5.74, 6) is 0.775. The molecule has 0 aliphatic heterocycles. The van der Waals surface area contributed by atoms with Crippen molar-refractivity contribution in [3.63, 3.8) is 0 Å². The lowest BCUT2D eigenvalue weighted by atomic mass is 10.0. The van der Waals surface area contributed by atoms with Gasteiger partial charge in [-0.25, -0.2) is 0 Å². The summed E-state index contributed by atoms with van der Waals surface area (Å²) in [5.41, 5.74) is -0.0496. The Kier molecular flexibility index (Phi) is 8.23. The third-order valence-corrected chi connectivity index (χ3v) is 5.67. The normalized spacial score (nSPS) is 11.6. The van der Waals surface area contributed by atoms with Crippen molar-refractivity contribution in [2.24, 2.45) is 4.99 Å². The lowest BCUT2D eigenvalue weighted by Gasteiger charge is -2.12. The number of carbonyl (C=O) groups is 1. The van der Waals surface area contributed by atoms with Gasteiger partial charge in [0, 0.05) is 23.7 Å². The molecule has 5 nitrogen and oxygen atoms in total. The van der Waals surface area contributed by atoms with E-state index < -0.39 is 24.2 Å². The summed E-state index contributed by atoms with van der Waals surface area (Å²) in [7, 11) is 0. The fraction of sp³-hybridized carbons (Fsp3) is 0.0690. The van der Waals surface area contributed by atoms with E-state index in [9.17, 15) is 18.0 Å². The number of rotatable bonds is 8. The molecule has 0 fully saturated rings. The fourth-order valence-corrected chi connectivity index (χ4v) is 3.62. The maximum absolute atomic E-state index is 13.1. The third-order valence-electron chi connectivity index (χ3n) is 5.35. The van der Waals surface area contributed by atoms with Crippen molar-refractivity contribution in [3.8, 4) is 11.5 Å². The number of hydrogen-bond acceptors (Lipinski definition) is 4. The van der Waals surface area contributed by atoms with E-state index in [2.05, 4.69) is 10.3 Å². The van der Waals surface area contributed by atoms with Gasteiger partial charge < -0.3 is 15.5 Å². The highest BCUT2D eigenvalue weighted by Crippen LogP contribution is 2.28. The topological polar surface area (TPSA) is 74.5 Å². The first-order chi connectivity index (χ1) is 18.2. The predicted molar refractivity (Wildman–Crippen MR) is 143 cm³/mol. The monoisotopic (exact) mass is 535 g/mol. The SMILES string of the molecule is N=C(CC(=Nc1ccccc1Cl)c1ccc(C(=O)Nc2cccc(Oc3ccccc3)c2)cc1)C(F)(F)F. The smallest absolute Gasteiger partial charge is 0.429 e. The number of halogens is 4. The zero-order valence-corrected chi connectivity index (χ0v) is 20.6. The first-order valence-corrected chi connectivity index (χ1v) is 11.8. The fourth-order valence-electron chi connectivity index (χ4n) is 3.44. The van der Waals surface area contributed by atoms with E-state index in [1.807, 2.05) is 30.3 Å². The molecule has 4 rings (SSSR count). The Morgan fingerprint density at radius 1 is 0.842 bits per heavy atom. The summed E-state index contributed by atoms with van der Waals surface area (Å²) in [5, 5.41) is 10.5. The summed E-state index contributed by atoms with van der Waals surface area (Å²) < 4.78 is 45.1. The molecular weight excluding hydrogens is 515 g/mol. The Morgan fingerprint density at radius 2 is 1.47 bits per heavy atom. The number of carbonyl (C=O) groups excluding carboxylic acids is 1. The zero-order valence-electron chi connectivity index (χ0n) is 19.8. The zero-order chi connectivity index (χ0) is 27.1. The molecule has 4 aromatic carbocycles. The van der Waals surface area contributed by atoms with Gasteiger partial charge in [0.2, 0.25) is 0 Å². The van der Waals surface area contributed by atoms with Gasteiger partial charge in [-0.05, 0) is 54.1 Å². The van der Waals surface area contributed by atoms with Gasteiger partial charge >= 0.3 is 6.18 Å². The number of benzene rings is 4. The molecule has 1 amide bonds. The summed E-state index contributed by atoms with van der Waals surface area (Å²) in [6.07, 6.45) is -5.55. The molecule has 0 saturated heterocycles. The molecule has 0 saturated carbocycles. The molecule has 192 valence electrons. The van der Waals surface area contributed by atoms with Crippen LogP contribution in [-0.4, -0.2) is 23.5 Å². The first-order valence-electron chi connectivity index (χ1n) is 11.4. The van der Waals surface area contributed by atoms with Gasteiger partial charge in [-0.15, -0.1) is 0 Å². The van der Waals surface area contributed by atoms with E-state index in [-0.39, 0.29) is 22.0 Å². The second kappa shape index (κ2) is 11.7. The minimum atomic E-state index is -4.79. The highest BCUT2D eigenvalue weighted by atomic mass is 35.5. The van der Waals surface area contributed by atoms with Crippen LogP contribution < -0.4 is 10.1 Å². The van der Waals surface area contributed by atoms with Crippen LogP contribution in [0.4, 0.5) is 24.5 Å². The lowest BCUT2D eigenvalue weighted by molar-refractivity contribution is -0.0605. The highest BCUT2D eigenvalue weighted by Gasteiger charge is 2.35. The second-order valence-corrected chi connectivity index (χ2v) is 8.54. The van der Waals surface area contributed by atoms with Gasteiger partial charge in [-0.1, -0.05) is 60.1 Å². The minimum absolute atomic E-state index is 0.00172. The maximum atomic E-state index is 13.1. The molecule has 0 aromatic heterocycles. The van der Waals surface area contributed by atoms with Crippen molar-refractivity contribution in [2.45, 2.75) is 12.6 Å². The van der Waals surface area contributed by atoms with E-state index in [4.69, 9.17) is 21.7 Å². The minimum Gasteiger partial charge on any atom is -0.457 e. The van der Waals surface area contributed by atoms with Crippen LogP contribution in [0.3, 0.4) is 0 Å². The van der Waals surface area contributed by atoms with Gasteiger partial charge in [-0.2, -0.15) is 13.2 Å². The highest BCUT2D eigenvalue weighted by molar-refractivity contribution is 6.33. The number of para-hydroxylation sites is 2. The second-order valence-electron chi connectivity index (χ2n) is 8.14. The lowest BCUT2D eigenvalue weighted by Crippen LogP contribution is -2.25. The summed E-state index contributed by atoms with van der Waals surface area (Å²) >= 11 is 6.14. The predicted octanol–water partition coefficient (Wildman–Crippen LogP) is 8.48. The molecule has 4 aromatic rings. The molecule has 9 heteroatoms. The average molecular weight is 536 g/mol. The molecule has 0 aliphatic rings. The van der Waals surface area contributed by atoms with Crippen molar-refractivity contribution in [2.75, 3.05) is 5.32 Å². The quantitative estimate of drug-likeness (QED) is 0.222. The van der Waals surface area contributed by atoms with Gasteiger partial charge in [0.25, 0.3) is 5.91 Å². The number of nitrogens with one attached hydrogen (secondary N) is 2. The van der Waals surface area contributed by atoms with E-state index >= 15 is 0 Å². The van der Waals surface area contributed by atoms with E-state index in [0.29, 0.717) is 22.7 Å². The molecule has 0 aliphatic carbocycles. The largest absolute Gasteiger partial charge is 0.457 e. The van der Waals surface area contributed by atoms with Crippen LogP contribution in [0, 0.1) is 5.41 Å². The molecule has 0 radical (unpaired) electrons. The number of ether oxygens (including phenoxy) is 1. The summed E-state index contributed by atoms with van der Waals surface area (Å²) in [6, 6.07) is 28.5. The van der Waals surface area contributed by atoms with Crippen molar-refractivity contribution < 1.29 is 22.7 Å². The van der Waals surface area contributed by atoms with Crippen LogP contribution in [0.2, 0.25) is 5.02 Å². The van der Waals surface area contributed by atoms with Gasteiger partial charge in [-0.3, -0.25) is 9.79 Å². The molecule has 0 heterocycles. The van der Waals surface area contributed by atoms with Crippen LogP contribution in [0.5, 0.6) is 11.5 Å². The number of hydrogen-bond donors (Lipinski definition) is 2. The Hall–Kier alpha value is -4.43. The van der Waals surface area contributed by atoms with Crippen molar-refractivity contribution in [1.29, 1.82) is 5.41 Å². The van der Waals surface area contributed by atoms with Crippen molar-refractivity contribution >= 4 is 40.3 Å². The van der Waals surface area contributed by atoms with Gasteiger partial charge in [0.05, 0.1) is 16.4 Å². The number of amides is 1. The summed E-state index contributed by atoms with van der Waals surface area (Å²) in [4.78, 5) is 17.1. The number of nitrogens with zero attached hydrogens (tertiary/aromatic N) is 1. The first kappa shape index (κ1) is 26.6. The van der Waals surface area contributed by atoms with Crippen LogP contribution in [-0.2, 0) is 0 Å². The average Bonchev–Trinajstić information content (AvgIpc) is 2.90. The van der Waals surface area contributed by atoms with E-state index in [1.54, 1.807) is 48.5 Å². The Labute approximate surface area is 222 Å². The third kappa shape index (κ3) is 7.08. The van der Waals surface area contributed by atoms with Crippen LogP contribution >= 0.6 is 11.6 Å². The van der Waals surface area contributed by atoms with Gasteiger partial charge in [0.15, 0.2) is 0 Å². The van der Waals surface area contributed by atoms with Crippen LogP contribution in [0.25, 0.3) is 0 Å². The van der Waals surface area contributed by atoms with E-state index in [0.717, 1.165) is 0 Å². The summed E-state index contributed by atoms with van der Waals surface area (Å²) in [6.45, 7) is 0. The maximum Gasteiger partial charge on any atom is 0.429 e. The number of anilines is 1. The van der Waals surface area contributed by atoms with Crippen molar-refractivity contribution in [1.82, 2.24) is 0 Å². The molecular formula is C29H21ClF3N3O2. The number of alkyl halides is 3. The Morgan fingerprint density at radius 3 is 2.16 bits per heavy atom. The molecule has 0 unspecified atom stereocenters. The molecule has 38 heavy (non-hydrogen) atoms. The Balaban J connectivity index is 1.53. The Bertz CT molecular complexity index is 1470. The van der Waals surface area contributed by atoms with Crippen LogP contribution in [0.1, 0.15) is 22.3 Å². The molecule has 0 spiro atoms. The van der Waals surface area contributed by atoms with Gasteiger partial charge in [0.1, 0.15) is 17.2 Å². The molecule has 0 bridgehead atoms. The van der Waals surface area contributed by atoms with Crippen molar-refractivity contribution in [3.05, 3.63) is 119 Å². The standard InChI is InChI=1S/C29H21ClF3N3O2/c30-24-11-4-5-12-25(24)36-26(18-27(34)29(31,32)33)19-13-15-20(16-14-19)28(37)35-21-7-6-10-23(17-21)38-22-8-2-1-3-9-22/h1-17,34H,18H2,(H,35,37). The van der Waals surface area contributed by atoms with E-state index in [1.165, 1.54) is 24.3 Å². The molecule has 0 atom stereocenters.